The fourth-order valence-electron chi connectivity index (χ4n) is 3.62. The van der Waals surface area contributed by atoms with E-state index in [1.165, 1.54) is 0 Å². The molecule has 0 spiro atoms. The van der Waals surface area contributed by atoms with E-state index in [9.17, 15) is 14.4 Å². The fraction of sp³-hybridized carbons (Fsp3) is 0.571. The van der Waals surface area contributed by atoms with Crippen LogP contribution in [0.1, 0.15) is 57.3 Å². The highest BCUT2D eigenvalue weighted by atomic mass is 16.4. The van der Waals surface area contributed by atoms with E-state index in [-0.39, 0.29) is 17.7 Å². The number of carbonyl (C=O) groups excluding carboxylic acids is 2. The average Bonchev–Trinajstić information content (AvgIpc) is 2.60. The number of amides is 2. The molecule has 1 aromatic carbocycles. The Labute approximate surface area is 160 Å². The van der Waals surface area contributed by atoms with Gasteiger partial charge in [-0.05, 0) is 49.4 Å². The first-order valence-electron chi connectivity index (χ1n) is 9.54. The minimum atomic E-state index is -0.789. The molecule has 1 saturated heterocycles. The van der Waals surface area contributed by atoms with Gasteiger partial charge in [0.1, 0.15) is 0 Å². The Morgan fingerprint density at radius 2 is 1.70 bits per heavy atom. The third kappa shape index (κ3) is 5.55. The van der Waals surface area contributed by atoms with E-state index < -0.39 is 11.4 Å². The summed E-state index contributed by atoms with van der Waals surface area (Å²) in [6, 6.07) is 6.88. The van der Waals surface area contributed by atoms with Crippen LogP contribution in [0.3, 0.4) is 0 Å². The number of anilines is 1. The molecule has 2 rings (SSSR count). The molecule has 0 bridgehead atoms. The van der Waals surface area contributed by atoms with Gasteiger partial charge >= 0.3 is 5.97 Å². The minimum absolute atomic E-state index is 0.0361. The van der Waals surface area contributed by atoms with Crippen molar-refractivity contribution in [2.45, 2.75) is 47.0 Å². The zero-order valence-electron chi connectivity index (χ0n) is 16.6. The Balaban J connectivity index is 1.96. The second kappa shape index (κ2) is 8.55. The first kappa shape index (κ1) is 20.9. The summed E-state index contributed by atoms with van der Waals surface area (Å²) in [5.41, 5.74) is 0.748. The van der Waals surface area contributed by atoms with Crippen molar-refractivity contribution >= 4 is 23.5 Å². The first-order valence-corrected chi connectivity index (χ1v) is 9.54. The summed E-state index contributed by atoms with van der Waals surface area (Å²) in [6.45, 7) is 8.96. The van der Waals surface area contributed by atoms with Crippen molar-refractivity contribution in [3.05, 3.63) is 29.8 Å². The second-order valence-electron chi connectivity index (χ2n) is 8.42. The number of carboxylic acids is 1. The Morgan fingerprint density at radius 3 is 2.19 bits per heavy atom. The molecule has 0 aliphatic carbocycles. The van der Waals surface area contributed by atoms with Gasteiger partial charge in [-0.25, -0.2) is 0 Å². The number of rotatable bonds is 6. The number of hydrogen-bond acceptors (Lipinski definition) is 3. The summed E-state index contributed by atoms with van der Waals surface area (Å²) in [6.07, 6.45) is 1.77. The van der Waals surface area contributed by atoms with Crippen molar-refractivity contribution in [2.75, 3.05) is 18.4 Å². The Bertz CT molecular complexity index is 687. The highest BCUT2D eigenvalue weighted by molar-refractivity contribution is 5.97. The van der Waals surface area contributed by atoms with Crippen molar-refractivity contribution in [3.63, 3.8) is 0 Å². The maximum absolute atomic E-state index is 12.6. The van der Waals surface area contributed by atoms with Crippen LogP contribution in [0.5, 0.6) is 0 Å². The van der Waals surface area contributed by atoms with E-state index >= 15 is 0 Å². The van der Waals surface area contributed by atoms with Gasteiger partial charge in [0.2, 0.25) is 5.91 Å². The molecule has 27 heavy (non-hydrogen) atoms. The third-order valence-corrected chi connectivity index (χ3v) is 5.05. The number of benzene rings is 1. The zero-order chi connectivity index (χ0) is 20.2. The molecule has 148 valence electrons. The van der Waals surface area contributed by atoms with Crippen LogP contribution in [0, 0.1) is 17.3 Å². The summed E-state index contributed by atoms with van der Waals surface area (Å²) < 4.78 is 0. The van der Waals surface area contributed by atoms with Gasteiger partial charge in [0.15, 0.2) is 0 Å². The number of hydrogen-bond donors (Lipinski definition) is 2. The molecular formula is C21H30N2O4. The van der Waals surface area contributed by atoms with Crippen molar-refractivity contribution in [1.82, 2.24) is 4.90 Å². The molecule has 0 aromatic heterocycles. The number of nitrogens with zero attached hydrogens (tertiary/aromatic N) is 1. The van der Waals surface area contributed by atoms with Gasteiger partial charge in [-0.2, -0.15) is 0 Å². The predicted molar refractivity (Wildman–Crippen MR) is 105 cm³/mol. The molecule has 0 saturated carbocycles. The van der Waals surface area contributed by atoms with Gasteiger partial charge in [-0.15, -0.1) is 0 Å². The molecule has 1 aliphatic heterocycles. The summed E-state index contributed by atoms with van der Waals surface area (Å²) in [4.78, 5) is 37.8. The fourth-order valence-corrected chi connectivity index (χ4v) is 3.62. The van der Waals surface area contributed by atoms with E-state index in [0.29, 0.717) is 43.1 Å². The van der Waals surface area contributed by atoms with Gasteiger partial charge in [0, 0.05) is 29.8 Å². The molecule has 6 heteroatoms. The maximum atomic E-state index is 12.6. The van der Waals surface area contributed by atoms with Crippen LogP contribution in [-0.2, 0) is 9.59 Å². The zero-order valence-corrected chi connectivity index (χ0v) is 16.6. The monoisotopic (exact) mass is 374 g/mol. The lowest BCUT2D eigenvalue weighted by atomic mass is 9.83. The van der Waals surface area contributed by atoms with Crippen molar-refractivity contribution in [1.29, 1.82) is 0 Å². The molecule has 0 atom stereocenters. The standard InChI is InChI=1S/C21H30N2O4/c1-14(2)13-21(3,4)20(27)22-17-7-5-15(6-8-17)18(24)23-11-9-16(10-12-23)19(25)26/h5-8,14,16H,9-13H2,1-4H3,(H,22,27)(H,25,26). The Kier molecular flexibility index (Phi) is 6.63. The van der Waals surface area contributed by atoms with Crippen molar-refractivity contribution < 1.29 is 19.5 Å². The van der Waals surface area contributed by atoms with Crippen LogP contribution in [0.4, 0.5) is 5.69 Å². The van der Waals surface area contributed by atoms with Crippen LogP contribution in [-0.4, -0.2) is 40.9 Å². The van der Waals surface area contributed by atoms with Crippen molar-refractivity contribution in [3.8, 4) is 0 Å². The minimum Gasteiger partial charge on any atom is -0.481 e. The van der Waals surface area contributed by atoms with E-state index in [1.54, 1.807) is 29.2 Å². The third-order valence-electron chi connectivity index (χ3n) is 5.05. The number of nitrogens with one attached hydrogen (secondary N) is 1. The number of likely N-dealkylation sites (tertiary alicyclic amines) is 1. The maximum Gasteiger partial charge on any atom is 0.306 e. The molecule has 2 amide bonds. The summed E-state index contributed by atoms with van der Waals surface area (Å²) in [7, 11) is 0. The second-order valence-corrected chi connectivity index (χ2v) is 8.42. The van der Waals surface area contributed by atoms with E-state index in [4.69, 9.17) is 5.11 Å². The van der Waals surface area contributed by atoms with Crippen LogP contribution in [0.15, 0.2) is 24.3 Å². The largest absolute Gasteiger partial charge is 0.481 e. The topological polar surface area (TPSA) is 86.7 Å². The van der Waals surface area contributed by atoms with Crippen LogP contribution in [0.2, 0.25) is 0 Å². The summed E-state index contributed by atoms with van der Waals surface area (Å²) >= 11 is 0. The molecule has 0 radical (unpaired) electrons. The number of aliphatic carboxylic acids is 1. The van der Waals surface area contributed by atoms with E-state index in [2.05, 4.69) is 19.2 Å². The molecule has 6 nitrogen and oxygen atoms in total. The molecule has 0 unspecified atom stereocenters. The molecule has 2 N–H and O–H groups in total. The summed E-state index contributed by atoms with van der Waals surface area (Å²) in [5.74, 6) is -0.859. The van der Waals surface area contributed by atoms with E-state index in [0.717, 1.165) is 6.42 Å². The molecule has 1 aliphatic rings. The quantitative estimate of drug-likeness (QED) is 0.796. The van der Waals surface area contributed by atoms with Gasteiger partial charge in [0.05, 0.1) is 5.92 Å². The Morgan fingerprint density at radius 1 is 1.15 bits per heavy atom. The highest BCUT2D eigenvalue weighted by Crippen LogP contribution is 2.27. The smallest absolute Gasteiger partial charge is 0.306 e. The van der Waals surface area contributed by atoms with Gasteiger partial charge < -0.3 is 15.3 Å². The number of carbonyl (C=O) groups is 3. The van der Waals surface area contributed by atoms with Gasteiger partial charge in [0.25, 0.3) is 5.91 Å². The summed E-state index contributed by atoms with van der Waals surface area (Å²) in [5, 5.41) is 12.0. The SMILES string of the molecule is CC(C)CC(C)(C)C(=O)Nc1ccc(C(=O)N2CCC(C(=O)O)CC2)cc1. The van der Waals surface area contributed by atoms with Crippen molar-refractivity contribution in [2.24, 2.45) is 17.3 Å². The van der Waals surface area contributed by atoms with Crippen LogP contribution < -0.4 is 5.32 Å². The first-order chi connectivity index (χ1) is 12.6. The van der Waals surface area contributed by atoms with E-state index in [1.807, 2.05) is 13.8 Å². The molecule has 1 fully saturated rings. The highest BCUT2D eigenvalue weighted by Gasteiger charge is 2.29. The number of piperidine rings is 1. The normalized spacial score (nSPS) is 15.7. The average molecular weight is 374 g/mol. The lowest BCUT2D eigenvalue weighted by Gasteiger charge is -2.30. The molecular weight excluding hydrogens is 344 g/mol. The lowest BCUT2D eigenvalue weighted by Crippen LogP contribution is -2.40. The molecule has 1 aromatic rings. The number of carboxylic acid groups (broad SMARTS) is 1. The lowest BCUT2D eigenvalue weighted by molar-refractivity contribution is -0.143. The van der Waals surface area contributed by atoms with Gasteiger partial charge in [-0.3, -0.25) is 14.4 Å². The van der Waals surface area contributed by atoms with Crippen LogP contribution in [0.25, 0.3) is 0 Å². The molecule has 1 heterocycles. The van der Waals surface area contributed by atoms with Crippen LogP contribution >= 0.6 is 0 Å². The predicted octanol–water partition coefficient (Wildman–Crippen LogP) is 3.63. The van der Waals surface area contributed by atoms with Gasteiger partial charge in [-0.1, -0.05) is 27.7 Å². The Hall–Kier alpha value is -2.37.